The largest absolute Gasteiger partial charge is 0.381 e. The number of halogens is 1. The van der Waals surface area contributed by atoms with Gasteiger partial charge in [0, 0.05) is 13.2 Å². The molecule has 1 aromatic rings. The molecule has 1 aromatic carbocycles. The van der Waals surface area contributed by atoms with Crippen LogP contribution in [0.2, 0.25) is 0 Å². The molecule has 0 radical (unpaired) electrons. The Morgan fingerprint density at radius 3 is 2.61 bits per heavy atom. The second-order valence-corrected chi connectivity index (χ2v) is 4.66. The molecule has 1 N–H and O–H groups in total. The summed E-state index contributed by atoms with van der Waals surface area (Å²) >= 11 is 0. The van der Waals surface area contributed by atoms with E-state index in [0.29, 0.717) is 23.4 Å². The normalized spacial score (nSPS) is 23.4. The number of ether oxygens (including phenoxy) is 1. The number of nitriles is 1. The van der Waals surface area contributed by atoms with Crippen molar-refractivity contribution in [3.05, 3.63) is 29.6 Å². The predicted molar refractivity (Wildman–Crippen MR) is 67.8 cm³/mol. The van der Waals surface area contributed by atoms with Crippen LogP contribution in [0.3, 0.4) is 0 Å². The fraction of sp³-hybridized carbons (Fsp3) is 0.500. The van der Waals surface area contributed by atoms with Gasteiger partial charge in [0.2, 0.25) is 0 Å². The monoisotopic (exact) mass is 248 g/mol. The molecule has 1 aliphatic rings. The SMILES string of the molecule is COC1CCC(Nc2ccc(C#N)cc2F)CC1. The van der Waals surface area contributed by atoms with E-state index in [0.717, 1.165) is 25.7 Å². The number of hydrogen-bond acceptors (Lipinski definition) is 3. The van der Waals surface area contributed by atoms with Crippen molar-refractivity contribution in [2.24, 2.45) is 0 Å². The van der Waals surface area contributed by atoms with Crippen LogP contribution in [0, 0.1) is 17.1 Å². The third kappa shape index (κ3) is 2.99. The lowest BCUT2D eigenvalue weighted by atomic mass is 9.93. The summed E-state index contributed by atoms with van der Waals surface area (Å²) in [4.78, 5) is 0. The van der Waals surface area contributed by atoms with Crippen LogP contribution in [0.1, 0.15) is 31.2 Å². The first kappa shape index (κ1) is 12.8. The summed E-state index contributed by atoms with van der Waals surface area (Å²) in [6.45, 7) is 0. The highest BCUT2D eigenvalue weighted by molar-refractivity contribution is 5.49. The van der Waals surface area contributed by atoms with Gasteiger partial charge in [-0.1, -0.05) is 0 Å². The summed E-state index contributed by atoms with van der Waals surface area (Å²) in [6.07, 6.45) is 4.32. The minimum Gasteiger partial charge on any atom is -0.381 e. The Morgan fingerprint density at radius 2 is 2.06 bits per heavy atom. The van der Waals surface area contributed by atoms with Gasteiger partial charge in [-0.2, -0.15) is 5.26 Å². The number of benzene rings is 1. The molecule has 0 aliphatic heterocycles. The minimum atomic E-state index is -0.358. The number of nitrogens with zero attached hydrogens (tertiary/aromatic N) is 1. The molecule has 0 unspecified atom stereocenters. The first-order valence-electron chi connectivity index (χ1n) is 6.22. The number of hydrogen-bond donors (Lipinski definition) is 1. The average Bonchev–Trinajstić information content (AvgIpc) is 2.42. The van der Waals surface area contributed by atoms with Crippen molar-refractivity contribution in [3.8, 4) is 6.07 Å². The fourth-order valence-corrected chi connectivity index (χ4v) is 2.36. The standard InChI is InChI=1S/C14H17FN2O/c1-18-12-5-3-11(4-6-12)17-14-7-2-10(9-16)8-13(14)15/h2,7-8,11-12,17H,3-6H2,1H3. The lowest BCUT2D eigenvalue weighted by Gasteiger charge is -2.29. The van der Waals surface area contributed by atoms with Crippen LogP contribution < -0.4 is 5.32 Å². The molecule has 3 nitrogen and oxygen atoms in total. The maximum absolute atomic E-state index is 13.7. The highest BCUT2D eigenvalue weighted by Crippen LogP contribution is 2.25. The molecule has 1 fully saturated rings. The molecule has 18 heavy (non-hydrogen) atoms. The van der Waals surface area contributed by atoms with Crippen LogP contribution >= 0.6 is 0 Å². The Balaban J connectivity index is 1.96. The van der Waals surface area contributed by atoms with Gasteiger partial charge in [-0.3, -0.25) is 0 Å². The van der Waals surface area contributed by atoms with E-state index in [2.05, 4.69) is 5.32 Å². The van der Waals surface area contributed by atoms with Crippen LogP contribution in [0.4, 0.5) is 10.1 Å². The fourth-order valence-electron chi connectivity index (χ4n) is 2.36. The van der Waals surface area contributed by atoms with Gasteiger partial charge in [0.25, 0.3) is 0 Å². The zero-order valence-corrected chi connectivity index (χ0v) is 10.4. The number of nitrogens with one attached hydrogen (secondary N) is 1. The molecule has 1 aliphatic carbocycles. The molecular weight excluding hydrogens is 231 g/mol. The van der Waals surface area contributed by atoms with E-state index in [4.69, 9.17) is 10.00 Å². The molecule has 0 bridgehead atoms. The van der Waals surface area contributed by atoms with Gasteiger partial charge in [0.15, 0.2) is 0 Å². The second-order valence-electron chi connectivity index (χ2n) is 4.66. The molecule has 0 spiro atoms. The van der Waals surface area contributed by atoms with E-state index in [9.17, 15) is 4.39 Å². The predicted octanol–water partition coefficient (Wildman–Crippen LogP) is 3.07. The zero-order chi connectivity index (χ0) is 13.0. The van der Waals surface area contributed by atoms with Crippen LogP contribution in [-0.4, -0.2) is 19.3 Å². The molecule has 0 amide bonds. The Labute approximate surface area is 107 Å². The topological polar surface area (TPSA) is 45.0 Å². The van der Waals surface area contributed by atoms with E-state index in [1.54, 1.807) is 19.2 Å². The summed E-state index contributed by atoms with van der Waals surface area (Å²) in [5.74, 6) is -0.358. The molecule has 0 heterocycles. The van der Waals surface area contributed by atoms with Gasteiger partial charge < -0.3 is 10.1 Å². The van der Waals surface area contributed by atoms with Crippen molar-refractivity contribution in [1.29, 1.82) is 5.26 Å². The first-order valence-corrected chi connectivity index (χ1v) is 6.22. The van der Waals surface area contributed by atoms with Crippen molar-refractivity contribution in [3.63, 3.8) is 0 Å². The van der Waals surface area contributed by atoms with Crippen molar-refractivity contribution < 1.29 is 9.13 Å². The van der Waals surface area contributed by atoms with Crippen molar-refractivity contribution in [1.82, 2.24) is 0 Å². The maximum atomic E-state index is 13.7. The smallest absolute Gasteiger partial charge is 0.147 e. The van der Waals surface area contributed by atoms with Crippen LogP contribution in [-0.2, 0) is 4.74 Å². The number of anilines is 1. The van der Waals surface area contributed by atoms with Crippen molar-refractivity contribution >= 4 is 5.69 Å². The molecule has 1 saturated carbocycles. The molecular formula is C14H17FN2O. The molecule has 0 atom stereocenters. The Morgan fingerprint density at radius 1 is 1.33 bits per heavy atom. The lowest BCUT2D eigenvalue weighted by Crippen LogP contribution is -2.29. The van der Waals surface area contributed by atoms with Gasteiger partial charge in [0.1, 0.15) is 5.82 Å². The Kier molecular flexibility index (Phi) is 4.16. The lowest BCUT2D eigenvalue weighted by molar-refractivity contribution is 0.0681. The molecule has 96 valence electrons. The first-order chi connectivity index (χ1) is 8.72. The quantitative estimate of drug-likeness (QED) is 0.894. The number of rotatable bonds is 3. The third-order valence-electron chi connectivity index (χ3n) is 3.47. The van der Waals surface area contributed by atoms with Gasteiger partial charge >= 0.3 is 0 Å². The molecule has 2 rings (SSSR count). The van der Waals surface area contributed by atoms with Crippen LogP contribution in [0.15, 0.2) is 18.2 Å². The van der Waals surface area contributed by atoms with Crippen LogP contribution in [0.25, 0.3) is 0 Å². The van der Waals surface area contributed by atoms with Gasteiger partial charge in [-0.25, -0.2) is 4.39 Å². The molecule has 0 aromatic heterocycles. The summed E-state index contributed by atoms with van der Waals surface area (Å²) in [7, 11) is 1.73. The van der Waals surface area contributed by atoms with E-state index < -0.39 is 0 Å². The average molecular weight is 248 g/mol. The van der Waals surface area contributed by atoms with E-state index in [-0.39, 0.29) is 5.82 Å². The van der Waals surface area contributed by atoms with Crippen molar-refractivity contribution in [2.45, 2.75) is 37.8 Å². The Hall–Kier alpha value is -1.60. The highest BCUT2D eigenvalue weighted by atomic mass is 19.1. The van der Waals surface area contributed by atoms with Gasteiger partial charge in [-0.05, 0) is 43.9 Å². The molecule has 0 saturated heterocycles. The zero-order valence-electron chi connectivity index (χ0n) is 10.4. The Bertz CT molecular complexity index is 448. The third-order valence-corrected chi connectivity index (χ3v) is 3.47. The van der Waals surface area contributed by atoms with Crippen molar-refractivity contribution in [2.75, 3.05) is 12.4 Å². The van der Waals surface area contributed by atoms with E-state index in [1.807, 2.05) is 6.07 Å². The summed E-state index contributed by atoms with van der Waals surface area (Å²) in [6, 6.07) is 6.75. The van der Waals surface area contributed by atoms with Gasteiger partial charge in [-0.15, -0.1) is 0 Å². The highest BCUT2D eigenvalue weighted by Gasteiger charge is 2.21. The second kappa shape index (κ2) is 5.83. The summed E-state index contributed by atoms with van der Waals surface area (Å²) in [5, 5.41) is 11.9. The van der Waals surface area contributed by atoms with E-state index >= 15 is 0 Å². The van der Waals surface area contributed by atoms with E-state index in [1.165, 1.54) is 6.07 Å². The van der Waals surface area contributed by atoms with Gasteiger partial charge in [0.05, 0.1) is 23.4 Å². The number of methoxy groups -OCH3 is 1. The molecule has 4 heteroatoms. The minimum absolute atomic E-state index is 0.291. The summed E-state index contributed by atoms with van der Waals surface area (Å²) < 4.78 is 19.0. The summed E-state index contributed by atoms with van der Waals surface area (Å²) in [5.41, 5.74) is 0.830. The maximum Gasteiger partial charge on any atom is 0.147 e. The van der Waals surface area contributed by atoms with Crippen LogP contribution in [0.5, 0.6) is 0 Å².